The predicted molar refractivity (Wildman–Crippen MR) is 97.9 cm³/mol. The van der Waals surface area contributed by atoms with Crippen molar-refractivity contribution in [2.24, 2.45) is 7.05 Å². The smallest absolute Gasteiger partial charge is 0.315 e. The van der Waals surface area contributed by atoms with Gasteiger partial charge in [0.25, 0.3) is 0 Å². The van der Waals surface area contributed by atoms with Gasteiger partial charge in [-0.1, -0.05) is 12.8 Å². The fourth-order valence-electron chi connectivity index (χ4n) is 4.14. The van der Waals surface area contributed by atoms with Crippen LogP contribution in [0.15, 0.2) is 6.07 Å². The van der Waals surface area contributed by atoms with Crippen LogP contribution in [0.3, 0.4) is 0 Å². The van der Waals surface area contributed by atoms with Crippen LogP contribution >= 0.6 is 0 Å². The van der Waals surface area contributed by atoms with Crippen molar-refractivity contribution < 1.29 is 9.53 Å². The highest BCUT2D eigenvalue weighted by Crippen LogP contribution is 2.22. The van der Waals surface area contributed by atoms with Gasteiger partial charge in [0, 0.05) is 39.4 Å². The topological polar surface area (TPSA) is 71.4 Å². The number of urea groups is 1. The Bertz CT molecular complexity index is 588. The summed E-state index contributed by atoms with van der Waals surface area (Å²) in [5.74, 6) is 1.12. The fraction of sp³-hybridized carbons (Fsp3) is 0.778. The van der Waals surface area contributed by atoms with E-state index in [0.717, 1.165) is 56.7 Å². The minimum atomic E-state index is -0.0676. The number of nitrogens with one attached hydrogen (secondary N) is 2. The number of rotatable bonds is 4. The normalized spacial score (nSPS) is 27.2. The molecule has 0 bridgehead atoms. The molecule has 25 heavy (non-hydrogen) atoms. The molecule has 1 aliphatic heterocycles. The Labute approximate surface area is 150 Å². The zero-order valence-electron chi connectivity index (χ0n) is 15.6. The Morgan fingerprint density at radius 1 is 1.24 bits per heavy atom. The zero-order chi connectivity index (χ0) is 17.8. The summed E-state index contributed by atoms with van der Waals surface area (Å²) < 4.78 is 7.44. The van der Waals surface area contributed by atoms with Crippen LogP contribution in [0.4, 0.5) is 10.6 Å². The molecule has 1 saturated carbocycles. The van der Waals surface area contributed by atoms with Gasteiger partial charge in [-0.25, -0.2) is 4.79 Å². The third-order valence-electron chi connectivity index (χ3n) is 5.38. The number of hydrogen-bond acceptors (Lipinski definition) is 4. The monoisotopic (exact) mass is 349 g/mol. The van der Waals surface area contributed by atoms with Crippen molar-refractivity contribution in [3.63, 3.8) is 0 Å². The van der Waals surface area contributed by atoms with Crippen LogP contribution < -0.4 is 15.5 Å². The maximum absolute atomic E-state index is 12.4. The predicted octanol–water partition coefficient (Wildman–Crippen LogP) is 1.95. The van der Waals surface area contributed by atoms with Crippen LogP contribution in [0, 0.1) is 6.92 Å². The lowest BCUT2D eigenvalue weighted by molar-refractivity contribution is 0.0450. The third kappa shape index (κ3) is 4.45. The molecular weight excluding hydrogens is 318 g/mol. The van der Waals surface area contributed by atoms with Crippen LogP contribution in [0.5, 0.6) is 0 Å². The van der Waals surface area contributed by atoms with E-state index in [1.54, 1.807) is 7.11 Å². The van der Waals surface area contributed by atoms with Gasteiger partial charge in [0.1, 0.15) is 5.82 Å². The number of carbonyl (C=O) groups excluding carboxylic acids is 1. The number of hydrogen-bond donors (Lipinski definition) is 2. The number of amides is 2. The van der Waals surface area contributed by atoms with Crippen LogP contribution in [0.1, 0.15) is 44.2 Å². The number of aryl methyl sites for hydroxylation is 2. The number of methoxy groups -OCH3 is 1. The van der Waals surface area contributed by atoms with Gasteiger partial charge in [0.15, 0.2) is 0 Å². The van der Waals surface area contributed by atoms with Crippen LogP contribution in [-0.2, 0) is 11.8 Å². The molecule has 3 atom stereocenters. The van der Waals surface area contributed by atoms with Crippen molar-refractivity contribution >= 4 is 11.8 Å². The third-order valence-corrected chi connectivity index (χ3v) is 5.38. The highest BCUT2D eigenvalue weighted by Gasteiger charge is 2.28. The molecule has 1 saturated heterocycles. The van der Waals surface area contributed by atoms with E-state index in [1.165, 1.54) is 6.42 Å². The molecule has 1 aromatic heterocycles. The molecule has 1 aliphatic carbocycles. The Hall–Kier alpha value is -1.76. The van der Waals surface area contributed by atoms with E-state index in [2.05, 4.69) is 26.7 Å². The standard InChI is InChI=1S/C18H31N5O2/c1-13-11-17(22(2)21-13)23-10-6-7-14(12-23)19-18(24)20-15-8-4-5-9-16(15)25-3/h11,14-16H,4-10,12H2,1-3H3,(H2,19,20,24)/t14-,15-,16-/m0/s1. The summed E-state index contributed by atoms with van der Waals surface area (Å²) in [6.07, 6.45) is 6.58. The van der Waals surface area contributed by atoms with Gasteiger partial charge in [0.2, 0.25) is 0 Å². The van der Waals surface area contributed by atoms with Crippen LogP contribution in [0.2, 0.25) is 0 Å². The van der Waals surface area contributed by atoms with Crippen LogP contribution in [0.25, 0.3) is 0 Å². The summed E-state index contributed by atoms with van der Waals surface area (Å²) in [5, 5.41) is 10.7. The van der Waals surface area contributed by atoms with Crippen molar-refractivity contribution in [3.05, 3.63) is 11.8 Å². The molecule has 140 valence electrons. The molecule has 0 spiro atoms. The number of aromatic nitrogens is 2. The molecule has 3 rings (SSSR count). The molecule has 0 radical (unpaired) electrons. The average molecular weight is 349 g/mol. The fourth-order valence-corrected chi connectivity index (χ4v) is 4.14. The number of piperidine rings is 1. The number of ether oxygens (including phenoxy) is 1. The van der Waals surface area contributed by atoms with E-state index < -0.39 is 0 Å². The summed E-state index contributed by atoms with van der Waals surface area (Å²) >= 11 is 0. The molecule has 2 fully saturated rings. The first-order valence-electron chi connectivity index (χ1n) is 9.42. The van der Waals surface area contributed by atoms with Gasteiger partial charge in [-0.3, -0.25) is 4.68 Å². The summed E-state index contributed by atoms with van der Waals surface area (Å²) in [6.45, 7) is 3.84. The van der Waals surface area contributed by atoms with E-state index in [0.29, 0.717) is 0 Å². The van der Waals surface area contributed by atoms with Crippen molar-refractivity contribution in [1.29, 1.82) is 0 Å². The average Bonchev–Trinajstić information content (AvgIpc) is 2.94. The molecule has 2 amide bonds. The second kappa shape index (κ2) is 8.08. The lowest BCUT2D eigenvalue weighted by Crippen LogP contribution is -2.55. The minimum absolute atomic E-state index is 0.0676. The molecule has 0 unspecified atom stereocenters. The van der Waals surface area contributed by atoms with Crippen molar-refractivity contribution in [2.45, 2.75) is 63.6 Å². The first-order valence-corrected chi connectivity index (χ1v) is 9.42. The Balaban J connectivity index is 1.53. The van der Waals surface area contributed by atoms with Gasteiger partial charge in [-0.2, -0.15) is 5.10 Å². The lowest BCUT2D eigenvalue weighted by Gasteiger charge is -2.35. The maximum atomic E-state index is 12.4. The largest absolute Gasteiger partial charge is 0.379 e. The molecule has 7 nitrogen and oxygen atoms in total. The summed E-state index contributed by atoms with van der Waals surface area (Å²) in [7, 11) is 3.71. The molecule has 7 heteroatoms. The second-order valence-electron chi connectivity index (χ2n) is 7.34. The Morgan fingerprint density at radius 3 is 2.76 bits per heavy atom. The van der Waals surface area contributed by atoms with Gasteiger partial charge in [-0.05, 0) is 32.6 Å². The number of carbonyl (C=O) groups is 1. The minimum Gasteiger partial charge on any atom is -0.379 e. The molecule has 1 aromatic rings. The van der Waals surface area contributed by atoms with Gasteiger partial charge >= 0.3 is 6.03 Å². The molecule has 2 aliphatic rings. The van der Waals surface area contributed by atoms with Crippen molar-refractivity contribution in [1.82, 2.24) is 20.4 Å². The Kier molecular flexibility index (Phi) is 5.83. The second-order valence-corrected chi connectivity index (χ2v) is 7.34. The van der Waals surface area contributed by atoms with E-state index in [-0.39, 0.29) is 24.2 Å². The first-order chi connectivity index (χ1) is 12.1. The van der Waals surface area contributed by atoms with Gasteiger partial charge in [0.05, 0.1) is 17.8 Å². The zero-order valence-corrected chi connectivity index (χ0v) is 15.6. The summed E-state index contributed by atoms with van der Waals surface area (Å²) in [4.78, 5) is 14.8. The lowest BCUT2D eigenvalue weighted by atomic mass is 9.92. The first kappa shape index (κ1) is 18.0. The van der Waals surface area contributed by atoms with Gasteiger partial charge < -0.3 is 20.3 Å². The van der Waals surface area contributed by atoms with E-state index >= 15 is 0 Å². The maximum Gasteiger partial charge on any atom is 0.315 e. The molecule has 0 aromatic carbocycles. The van der Waals surface area contributed by atoms with Gasteiger partial charge in [-0.15, -0.1) is 0 Å². The van der Waals surface area contributed by atoms with E-state index in [9.17, 15) is 4.79 Å². The van der Waals surface area contributed by atoms with E-state index in [4.69, 9.17) is 4.74 Å². The number of anilines is 1. The highest BCUT2D eigenvalue weighted by atomic mass is 16.5. The molecular formula is C18H31N5O2. The highest BCUT2D eigenvalue weighted by molar-refractivity contribution is 5.74. The van der Waals surface area contributed by atoms with E-state index in [1.807, 2.05) is 18.7 Å². The summed E-state index contributed by atoms with van der Waals surface area (Å²) in [5.41, 5.74) is 1.02. The Morgan fingerprint density at radius 2 is 2.04 bits per heavy atom. The quantitative estimate of drug-likeness (QED) is 0.872. The molecule has 2 heterocycles. The van der Waals surface area contributed by atoms with Crippen molar-refractivity contribution in [3.8, 4) is 0 Å². The van der Waals surface area contributed by atoms with Crippen LogP contribution in [-0.4, -0.2) is 54.2 Å². The SMILES string of the molecule is CO[C@H]1CCCC[C@@H]1NC(=O)N[C@H]1CCCN(c2cc(C)nn2C)C1. The van der Waals surface area contributed by atoms with Crippen molar-refractivity contribution in [2.75, 3.05) is 25.1 Å². The summed E-state index contributed by atoms with van der Waals surface area (Å²) in [6, 6.07) is 2.32. The number of nitrogens with zero attached hydrogens (tertiary/aromatic N) is 3. The molecule has 2 N–H and O–H groups in total.